The van der Waals surface area contributed by atoms with Gasteiger partial charge >= 0.3 is 5.97 Å². The number of ether oxygens (including phenoxy) is 1. The summed E-state index contributed by atoms with van der Waals surface area (Å²) >= 11 is 1.86. The Labute approximate surface area is 123 Å². The van der Waals surface area contributed by atoms with Crippen molar-refractivity contribution in [2.24, 2.45) is 0 Å². The fourth-order valence-electron chi connectivity index (χ4n) is 1.84. The summed E-state index contributed by atoms with van der Waals surface area (Å²) in [6.45, 7) is 7.17. The Morgan fingerprint density at radius 3 is 2.55 bits per heavy atom. The zero-order valence-electron chi connectivity index (χ0n) is 12.4. The lowest BCUT2D eigenvalue weighted by Crippen LogP contribution is -2.33. The third-order valence-electron chi connectivity index (χ3n) is 2.94. The van der Waals surface area contributed by atoms with Crippen molar-refractivity contribution in [2.45, 2.75) is 20.8 Å². The number of nitrogens with zero attached hydrogens (tertiary/aromatic N) is 2. The molecule has 0 aliphatic carbocycles. The fraction of sp³-hybridized carbons (Fsp3) is 0.571. The van der Waals surface area contributed by atoms with Crippen LogP contribution in [0.2, 0.25) is 0 Å². The number of esters is 1. The van der Waals surface area contributed by atoms with Gasteiger partial charge in [-0.2, -0.15) is 16.2 Å². The van der Waals surface area contributed by atoms with Crippen molar-refractivity contribution in [3.63, 3.8) is 0 Å². The SMILES string of the molecule is CC.COC(=O)c1cc(N2CCSCC2)nc(F)c1C. The maximum atomic E-state index is 13.7. The molecular formula is C14H21FN2O2S. The molecule has 2 heterocycles. The molecule has 1 aromatic rings. The number of methoxy groups -OCH3 is 1. The Kier molecular flexibility index (Phi) is 6.78. The van der Waals surface area contributed by atoms with Crippen LogP contribution in [0.5, 0.6) is 0 Å². The number of rotatable bonds is 2. The Bertz CT molecular complexity index is 463. The Morgan fingerprint density at radius 2 is 2.00 bits per heavy atom. The summed E-state index contributed by atoms with van der Waals surface area (Å²) in [7, 11) is 1.29. The van der Waals surface area contributed by atoms with Gasteiger partial charge < -0.3 is 9.64 Å². The molecule has 0 radical (unpaired) electrons. The van der Waals surface area contributed by atoms with E-state index in [0.717, 1.165) is 24.6 Å². The smallest absolute Gasteiger partial charge is 0.338 e. The second kappa shape index (κ2) is 8.09. The number of anilines is 1. The number of pyridine rings is 1. The van der Waals surface area contributed by atoms with Gasteiger partial charge in [-0.3, -0.25) is 0 Å². The highest BCUT2D eigenvalue weighted by molar-refractivity contribution is 7.99. The molecule has 0 spiro atoms. The van der Waals surface area contributed by atoms with Gasteiger partial charge in [0, 0.05) is 30.2 Å². The van der Waals surface area contributed by atoms with Crippen LogP contribution in [0.3, 0.4) is 0 Å². The lowest BCUT2D eigenvalue weighted by molar-refractivity contribution is 0.0599. The first-order valence-electron chi connectivity index (χ1n) is 6.71. The van der Waals surface area contributed by atoms with E-state index in [0.29, 0.717) is 5.82 Å². The quantitative estimate of drug-likeness (QED) is 0.620. The van der Waals surface area contributed by atoms with Gasteiger partial charge in [-0.15, -0.1) is 0 Å². The second-order valence-corrected chi connectivity index (χ2v) is 5.26. The number of halogens is 1. The van der Waals surface area contributed by atoms with Crippen LogP contribution in [0.25, 0.3) is 0 Å². The van der Waals surface area contributed by atoms with Crippen LogP contribution in [0.4, 0.5) is 10.2 Å². The van der Waals surface area contributed by atoms with Crippen LogP contribution < -0.4 is 4.90 Å². The van der Waals surface area contributed by atoms with Crippen LogP contribution in [-0.4, -0.2) is 42.7 Å². The highest BCUT2D eigenvalue weighted by Crippen LogP contribution is 2.22. The molecule has 0 amide bonds. The fourth-order valence-corrected chi connectivity index (χ4v) is 2.74. The molecule has 1 aliphatic rings. The predicted molar refractivity (Wildman–Crippen MR) is 81.2 cm³/mol. The molecular weight excluding hydrogens is 279 g/mol. The number of hydrogen-bond acceptors (Lipinski definition) is 5. The standard InChI is InChI=1S/C12H15FN2O2S.C2H6/c1-8-9(12(16)17-2)7-10(14-11(8)13)15-3-5-18-6-4-15;1-2/h7H,3-6H2,1-2H3;1-2H3. The minimum atomic E-state index is -0.605. The number of aromatic nitrogens is 1. The van der Waals surface area contributed by atoms with E-state index in [4.69, 9.17) is 0 Å². The van der Waals surface area contributed by atoms with Crippen molar-refractivity contribution >= 4 is 23.5 Å². The van der Waals surface area contributed by atoms with Gasteiger partial charge in [0.1, 0.15) is 5.82 Å². The van der Waals surface area contributed by atoms with E-state index in [2.05, 4.69) is 9.72 Å². The van der Waals surface area contributed by atoms with Crippen molar-refractivity contribution in [2.75, 3.05) is 36.6 Å². The first-order chi connectivity index (χ1) is 9.63. The van der Waals surface area contributed by atoms with Gasteiger partial charge in [0.2, 0.25) is 5.95 Å². The average Bonchev–Trinajstić information content (AvgIpc) is 2.52. The number of carbonyl (C=O) groups excluding carboxylic acids is 1. The zero-order valence-corrected chi connectivity index (χ0v) is 13.2. The Morgan fingerprint density at radius 1 is 1.40 bits per heavy atom. The molecule has 0 unspecified atom stereocenters. The zero-order chi connectivity index (χ0) is 15.1. The van der Waals surface area contributed by atoms with Crippen molar-refractivity contribution in [1.82, 2.24) is 4.98 Å². The number of carbonyl (C=O) groups is 1. The molecule has 0 aromatic carbocycles. The summed E-state index contributed by atoms with van der Waals surface area (Å²) in [5.74, 6) is 1.36. The highest BCUT2D eigenvalue weighted by Gasteiger charge is 2.19. The Hall–Kier alpha value is -1.30. The van der Waals surface area contributed by atoms with Crippen molar-refractivity contribution in [3.05, 3.63) is 23.1 Å². The molecule has 6 heteroatoms. The van der Waals surface area contributed by atoms with Crippen LogP contribution in [0.1, 0.15) is 29.8 Å². The summed E-state index contributed by atoms with van der Waals surface area (Å²) in [5.41, 5.74) is 0.482. The van der Waals surface area contributed by atoms with Gasteiger partial charge in [-0.05, 0) is 13.0 Å². The van der Waals surface area contributed by atoms with Crippen LogP contribution in [-0.2, 0) is 4.74 Å². The van der Waals surface area contributed by atoms with E-state index in [-0.39, 0.29) is 11.1 Å². The van der Waals surface area contributed by atoms with Crippen LogP contribution in [0, 0.1) is 12.9 Å². The van der Waals surface area contributed by atoms with Crippen LogP contribution >= 0.6 is 11.8 Å². The van der Waals surface area contributed by atoms with E-state index in [1.165, 1.54) is 14.0 Å². The molecule has 1 fully saturated rings. The third kappa shape index (κ3) is 3.85. The topological polar surface area (TPSA) is 42.4 Å². The summed E-state index contributed by atoms with van der Waals surface area (Å²) < 4.78 is 18.4. The summed E-state index contributed by atoms with van der Waals surface area (Å²) in [6.07, 6.45) is 0. The molecule has 2 rings (SSSR count). The van der Waals surface area contributed by atoms with Gasteiger partial charge in [-0.25, -0.2) is 9.78 Å². The molecule has 1 aromatic heterocycles. The van der Waals surface area contributed by atoms with Crippen molar-refractivity contribution in [3.8, 4) is 0 Å². The van der Waals surface area contributed by atoms with Gasteiger partial charge in [0.15, 0.2) is 0 Å². The largest absolute Gasteiger partial charge is 0.465 e. The predicted octanol–water partition coefficient (Wildman–Crippen LogP) is 2.90. The first kappa shape index (κ1) is 16.8. The number of thioether (sulfide) groups is 1. The van der Waals surface area contributed by atoms with Gasteiger partial charge in [0.05, 0.1) is 12.7 Å². The monoisotopic (exact) mass is 300 g/mol. The molecule has 0 bridgehead atoms. The van der Waals surface area contributed by atoms with Gasteiger partial charge in [-0.1, -0.05) is 13.8 Å². The summed E-state index contributed by atoms with van der Waals surface area (Å²) in [5, 5.41) is 0. The van der Waals surface area contributed by atoms with Crippen LogP contribution in [0.15, 0.2) is 6.07 Å². The molecule has 0 atom stereocenters. The van der Waals surface area contributed by atoms with E-state index in [1.807, 2.05) is 30.5 Å². The molecule has 0 saturated carbocycles. The molecule has 0 N–H and O–H groups in total. The molecule has 1 aliphatic heterocycles. The highest BCUT2D eigenvalue weighted by atomic mass is 32.2. The molecule has 112 valence electrons. The van der Waals surface area contributed by atoms with E-state index in [1.54, 1.807) is 6.07 Å². The summed E-state index contributed by atoms with van der Waals surface area (Å²) in [4.78, 5) is 17.5. The lowest BCUT2D eigenvalue weighted by Gasteiger charge is -2.27. The minimum absolute atomic E-state index is 0.233. The summed E-state index contributed by atoms with van der Waals surface area (Å²) in [6, 6.07) is 1.61. The van der Waals surface area contributed by atoms with E-state index < -0.39 is 11.9 Å². The van der Waals surface area contributed by atoms with Crippen molar-refractivity contribution in [1.29, 1.82) is 0 Å². The average molecular weight is 300 g/mol. The minimum Gasteiger partial charge on any atom is -0.465 e. The maximum Gasteiger partial charge on any atom is 0.338 e. The Balaban J connectivity index is 0.000000956. The van der Waals surface area contributed by atoms with Crippen molar-refractivity contribution < 1.29 is 13.9 Å². The van der Waals surface area contributed by atoms with E-state index in [9.17, 15) is 9.18 Å². The third-order valence-corrected chi connectivity index (χ3v) is 3.88. The molecule has 20 heavy (non-hydrogen) atoms. The molecule has 1 saturated heterocycles. The van der Waals surface area contributed by atoms with Gasteiger partial charge in [0.25, 0.3) is 0 Å². The first-order valence-corrected chi connectivity index (χ1v) is 7.87. The molecule has 4 nitrogen and oxygen atoms in total. The normalized spacial score (nSPS) is 14.3. The number of hydrogen-bond donors (Lipinski definition) is 0. The second-order valence-electron chi connectivity index (χ2n) is 4.03. The maximum absolute atomic E-state index is 13.7. The lowest BCUT2D eigenvalue weighted by atomic mass is 10.1. The van der Waals surface area contributed by atoms with E-state index >= 15 is 0 Å².